The number of carbonyl (C=O) groups excluding carboxylic acids is 1. The predicted octanol–water partition coefficient (Wildman–Crippen LogP) is 5.19. The lowest BCUT2D eigenvalue weighted by Gasteiger charge is -2.37. The van der Waals surface area contributed by atoms with Crippen LogP contribution < -0.4 is 4.90 Å². The Kier molecular flexibility index (Phi) is 8.24. The number of anilines is 1. The molecular formula is C25H24Cl3N3O3S. The maximum Gasteiger partial charge on any atom is 0.243 e. The minimum absolute atomic E-state index is 0.0541. The van der Waals surface area contributed by atoms with Crippen molar-refractivity contribution < 1.29 is 13.2 Å². The van der Waals surface area contributed by atoms with E-state index in [0.29, 0.717) is 46.8 Å². The standard InChI is InChI=1S/C25H24Cl3N3O3S/c26-20-5-4-6-22(15-20)29-11-13-30(14-12-29)25(32)18-31(17-19-9-10-21(27)16-24(19)28)35(33,34)23-7-2-1-3-8-23/h1-10,15-16H,11-14,17-18H2. The molecule has 1 aliphatic heterocycles. The van der Waals surface area contributed by atoms with Crippen LogP contribution in [0.1, 0.15) is 5.56 Å². The van der Waals surface area contributed by atoms with Gasteiger partial charge in [0.05, 0.1) is 11.4 Å². The van der Waals surface area contributed by atoms with Crippen LogP contribution in [0.3, 0.4) is 0 Å². The Morgan fingerprint density at radius 1 is 0.829 bits per heavy atom. The zero-order chi connectivity index (χ0) is 25.0. The summed E-state index contributed by atoms with van der Waals surface area (Å²) in [6, 6.07) is 20.5. The molecule has 1 amide bonds. The van der Waals surface area contributed by atoms with Gasteiger partial charge < -0.3 is 9.80 Å². The maximum absolute atomic E-state index is 13.5. The number of amides is 1. The first-order valence-corrected chi connectivity index (χ1v) is 13.6. The van der Waals surface area contributed by atoms with Gasteiger partial charge in [0.1, 0.15) is 0 Å². The van der Waals surface area contributed by atoms with Crippen LogP contribution >= 0.6 is 34.8 Å². The number of sulfonamides is 1. The third-order valence-electron chi connectivity index (χ3n) is 5.86. The van der Waals surface area contributed by atoms with Crippen LogP contribution in [0.25, 0.3) is 0 Å². The Morgan fingerprint density at radius 2 is 1.51 bits per heavy atom. The lowest BCUT2D eigenvalue weighted by molar-refractivity contribution is -0.131. The van der Waals surface area contributed by atoms with E-state index in [1.165, 1.54) is 16.4 Å². The molecule has 184 valence electrons. The van der Waals surface area contributed by atoms with Gasteiger partial charge in [-0.05, 0) is 48.0 Å². The molecule has 0 atom stereocenters. The van der Waals surface area contributed by atoms with Crippen molar-refractivity contribution in [2.75, 3.05) is 37.6 Å². The molecule has 6 nitrogen and oxygen atoms in total. The van der Waals surface area contributed by atoms with E-state index >= 15 is 0 Å². The monoisotopic (exact) mass is 551 g/mol. The molecule has 1 fully saturated rings. The molecule has 0 spiro atoms. The second-order valence-electron chi connectivity index (χ2n) is 8.17. The molecular weight excluding hydrogens is 529 g/mol. The summed E-state index contributed by atoms with van der Waals surface area (Å²) in [5, 5.41) is 1.45. The normalized spacial score (nSPS) is 14.4. The zero-order valence-corrected chi connectivity index (χ0v) is 21.9. The largest absolute Gasteiger partial charge is 0.368 e. The Labute approximate surface area is 220 Å². The fourth-order valence-corrected chi connectivity index (χ4v) is 5.99. The lowest BCUT2D eigenvalue weighted by Crippen LogP contribution is -2.51. The number of hydrogen-bond acceptors (Lipinski definition) is 4. The van der Waals surface area contributed by atoms with E-state index in [-0.39, 0.29) is 23.9 Å². The van der Waals surface area contributed by atoms with Crippen molar-refractivity contribution in [2.24, 2.45) is 0 Å². The van der Waals surface area contributed by atoms with Gasteiger partial charge in [-0.1, -0.05) is 65.1 Å². The van der Waals surface area contributed by atoms with Gasteiger partial charge in [0.15, 0.2) is 0 Å². The van der Waals surface area contributed by atoms with E-state index in [9.17, 15) is 13.2 Å². The van der Waals surface area contributed by atoms with E-state index in [2.05, 4.69) is 4.90 Å². The summed E-state index contributed by atoms with van der Waals surface area (Å²) in [4.78, 5) is 17.2. The summed E-state index contributed by atoms with van der Waals surface area (Å²) in [5.41, 5.74) is 1.56. The Hall–Kier alpha value is -2.29. The van der Waals surface area contributed by atoms with Crippen molar-refractivity contribution in [3.63, 3.8) is 0 Å². The molecule has 3 aromatic rings. The molecule has 0 N–H and O–H groups in total. The average molecular weight is 553 g/mol. The van der Waals surface area contributed by atoms with Gasteiger partial charge in [-0.15, -0.1) is 0 Å². The Bertz CT molecular complexity index is 1300. The van der Waals surface area contributed by atoms with E-state index in [4.69, 9.17) is 34.8 Å². The van der Waals surface area contributed by atoms with Crippen molar-refractivity contribution in [2.45, 2.75) is 11.4 Å². The second-order valence-corrected chi connectivity index (χ2v) is 11.4. The molecule has 4 rings (SSSR count). The fourth-order valence-electron chi connectivity index (χ4n) is 3.95. The zero-order valence-electron chi connectivity index (χ0n) is 18.8. The van der Waals surface area contributed by atoms with Gasteiger partial charge in [0, 0.05) is 53.5 Å². The first-order chi connectivity index (χ1) is 16.7. The van der Waals surface area contributed by atoms with Gasteiger partial charge >= 0.3 is 0 Å². The van der Waals surface area contributed by atoms with E-state index in [0.717, 1.165) is 5.69 Å². The summed E-state index contributed by atoms with van der Waals surface area (Å²) in [6.45, 7) is 1.86. The van der Waals surface area contributed by atoms with E-state index in [1.54, 1.807) is 41.3 Å². The number of benzene rings is 3. The number of rotatable bonds is 7. The molecule has 0 aliphatic carbocycles. The lowest BCUT2D eigenvalue weighted by atomic mass is 10.2. The van der Waals surface area contributed by atoms with Gasteiger partial charge in [0.2, 0.25) is 15.9 Å². The number of hydrogen-bond donors (Lipinski definition) is 0. The topological polar surface area (TPSA) is 60.9 Å². The molecule has 1 heterocycles. The van der Waals surface area contributed by atoms with E-state index in [1.807, 2.05) is 24.3 Å². The highest BCUT2D eigenvalue weighted by Crippen LogP contribution is 2.26. The van der Waals surface area contributed by atoms with Gasteiger partial charge in [-0.3, -0.25) is 4.79 Å². The molecule has 0 unspecified atom stereocenters. The second kappa shape index (κ2) is 11.2. The molecule has 0 saturated carbocycles. The number of carbonyl (C=O) groups is 1. The first kappa shape index (κ1) is 25.8. The van der Waals surface area contributed by atoms with Crippen molar-refractivity contribution in [1.82, 2.24) is 9.21 Å². The quantitative estimate of drug-likeness (QED) is 0.405. The minimum Gasteiger partial charge on any atom is -0.368 e. The number of piperazine rings is 1. The molecule has 3 aromatic carbocycles. The summed E-state index contributed by atoms with van der Waals surface area (Å²) >= 11 is 18.4. The van der Waals surface area contributed by atoms with Gasteiger partial charge in [-0.2, -0.15) is 4.31 Å². The molecule has 0 bridgehead atoms. The van der Waals surface area contributed by atoms with Gasteiger partial charge in [0.25, 0.3) is 0 Å². The van der Waals surface area contributed by atoms with Crippen molar-refractivity contribution in [3.8, 4) is 0 Å². The SMILES string of the molecule is O=C(CN(Cc1ccc(Cl)cc1Cl)S(=O)(=O)c1ccccc1)N1CCN(c2cccc(Cl)c2)CC1. The highest BCUT2D eigenvalue weighted by atomic mass is 35.5. The van der Waals surface area contributed by atoms with Crippen LogP contribution in [-0.4, -0.2) is 56.3 Å². The minimum atomic E-state index is -3.95. The smallest absolute Gasteiger partial charge is 0.243 e. The van der Waals surface area contributed by atoms with Crippen LogP contribution in [0, 0.1) is 0 Å². The Balaban J connectivity index is 1.51. The van der Waals surface area contributed by atoms with Crippen LogP contribution in [0.2, 0.25) is 15.1 Å². The summed E-state index contributed by atoms with van der Waals surface area (Å²) < 4.78 is 28.1. The van der Waals surface area contributed by atoms with Crippen molar-refractivity contribution in [3.05, 3.63) is 93.4 Å². The molecule has 0 aromatic heterocycles. The average Bonchev–Trinajstić information content (AvgIpc) is 2.85. The van der Waals surface area contributed by atoms with E-state index < -0.39 is 10.0 Å². The Morgan fingerprint density at radius 3 is 2.17 bits per heavy atom. The van der Waals surface area contributed by atoms with Crippen LogP contribution in [0.5, 0.6) is 0 Å². The highest BCUT2D eigenvalue weighted by Gasteiger charge is 2.30. The molecule has 0 radical (unpaired) electrons. The molecule has 10 heteroatoms. The third kappa shape index (κ3) is 6.29. The van der Waals surface area contributed by atoms with Crippen molar-refractivity contribution in [1.29, 1.82) is 0 Å². The summed E-state index contributed by atoms with van der Waals surface area (Å²) in [6.07, 6.45) is 0. The number of nitrogens with zero attached hydrogens (tertiary/aromatic N) is 3. The number of halogens is 3. The molecule has 35 heavy (non-hydrogen) atoms. The third-order valence-corrected chi connectivity index (χ3v) is 8.49. The van der Waals surface area contributed by atoms with Crippen LogP contribution in [-0.2, 0) is 21.4 Å². The fraction of sp³-hybridized carbons (Fsp3) is 0.240. The molecule has 1 saturated heterocycles. The summed E-state index contributed by atoms with van der Waals surface area (Å²) in [7, 11) is -3.95. The maximum atomic E-state index is 13.5. The first-order valence-electron chi connectivity index (χ1n) is 11.0. The predicted molar refractivity (Wildman–Crippen MR) is 141 cm³/mol. The van der Waals surface area contributed by atoms with Crippen LogP contribution in [0.15, 0.2) is 77.7 Å². The summed E-state index contributed by atoms with van der Waals surface area (Å²) in [5.74, 6) is -0.264. The molecule has 1 aliphatic rings. The van der Waals surface area contributed by atoms with Crippen LogP contribution in [0.4, 0.5) is 5.69 Å². The van der Waals surface area contributed by atoms with Crippen molar-refractivity contribution >= 4 is 56.4 Å². The highest BCUT2D eigenvalue weighted by molar-refractivity contribution is 7.89. The van der Waals surface area contributed by atoms with Gasteiger partial charge in [-0.25, -0.2) is 8.42 Å².